The molecule has 2 aromatic carbocycles. The fourth-order valence-corrected chi connectivity index (χ4v) is 2.32. The second kappa shape index (κ2) is 6.19. The van der Waals surface area contributed by atoms with E-state index in [9.17, 15) is 0 Å². The summed E-state index contributed by atoms with van der Waals surface area (Å²) >= 11 is 0. The van der Waals surface area contributed by atoms with Crippen molar-refractivity contribution in [1.82, 2.24) is 4.98 Å². The predicted molar refractivity (Wildman–Crippen MR) is 88.8 cm³/mol. The van der Waals surface area contributed by atoms with Crippen molar-refractivity contribution in [2.75, 3.05) is 0 Å². The summed E-state index contributed by atoms with van der Waals surface area (Å²) in [4.78, 5) is 4.54. The van der Waals surface area contributed by atoms with Crippen LogP contribution in [0.2, 0.25) is 0 Å². The Balaban J connectivity index is 2.14. The maximum atomic E-state index is 4.54. The highest BCUT2D eigenvalue weighted by atomic mass is 14.7. The highest BCUT2D eigenvalue weighted by molar-refractivity contribution is 5.90. The van der Waals surface area contributed by atoms with E-state index >= 15 is 0 Å². The molecule has 0 unspecified atom stereocenters. The van der Waals surface area contributed by atoms with E-state index in [1.165, 1.54) is 16.7 Å². The zero-order valence-electron chi connectivity index (χ0n) is 12.0. The number of hydrogen-bond donors (Lipinski definition) is 0. The molecule has 0 radical (unpaired) electrons. The topological polar surface area (TPSA) is 12.9 Å². The average molecular weight is 271 g/mol. The van der Waals surface area contributed by atoms with Crippen LogP contribution in [-0.2, 0) is 0 Å². The van der Waals surface area contributed by atoms with Gasteiger partial charge in [-0.25, -0.2) is 0 Å². The molecule has 0 atom stereocenters. The van der Waals surface area contributed by atoms with E-state index < -0.39 is 0 Å². The molecule has 0 amide bonds. The largest absolute Gasteiger partial charge is 0.256 e. The van der Waals surface area contributed by atoms with Crippen LogP contribution in [0.4, 0.5) is 0 Å². The maximum Gasteiger partial charge on any atom is 0.0710 e. The van der Waals surface area contributed by atoms with Crippen molar-refractivity contribution in [3.8, 4) is 0 Å². The molecule has 1 aromatic heterocycles. The Hall–Kier alpha value is -2.67. The smallest absolute Gasteiger partial charge is 0.0710 e. The Kier molecular flexibility index (Phi) is 3.92. The zero-order valence-corrected chi connectivity index (χ0v) is 12.0. The lowest BCUT2D eigenvalue weighted by atomic mass is 9.98. The van der Waals surface area contributed by atoms with Gasteiger partial charge in [0.15, 0.2) is 0 Å². The SMILES string of the molecule is Cc1ccnc(/C(=C/c2ccccc2)c2ccccc2)c1. The fraction of sp³-hybridized carbons (Fsp3) is 0.0500. The van der Waals surface area contributed by atoms with E-state index in [2.05, 4.69) is 72.6 Å². The van der Waals surface area contributed by atoms with E-state index in [4.69, 9.17) is 0 Å². The third kappa shape index (κ3) is 3.26. The molecule has 0 N–H and O–H groups in total. The lowest BCUT2D eigenvalue weighted by molar-refractivity contribution is 1.24. The lowest BCUT2D eigenvalue weighted by Gasteiger charge is -2.09. The molecule has 102 valence electrons. The number of aromatic nitrogens is 1. The molecular formula is C20H17N. The summed E-state index contributed by atoms with van der Waals surface area (Å²) in [7, 11) is 0. The quantitative estimate of drug-likeness (QED) is 0.612. The molecule has 3 aromatic rings. The van der Waals surface area contributed by atoms with Crippen molar-refractivity contribution in [2.45, 2.75) is 6.92 Å². The van der Waals surface area contributed by atoms with Gasteiger partial charge >= 0.3 is 0 Å². The summed E-state index contributed by atoms with van der Waals surface area (Å²) in [6.45, 7) is 2.09. The Morgan fingerprint density at radius 1 is 0.857 bits per heavy atom. The van der Waals surface area contributed by atoms with Crippen LogP contribution in [0.5, 0.6) is 0 Å². The van der Waals surface area contributed by atoms with Crippen molar-refractivity contribution in [3.63, 3.8) is 0 Å². The number of benzene rings is 2. The lowest BCUT2D eigenvalue weighted by Crippen LogP contribution is -1.92. The van der Waals surface area contributed by atoms with Crippen molar-refractivity contribution in [1.29, 1.82) is 0 Å². The monoisotopic (exact) mass is 271 g/mol. The molecule has 1 heteroatoms. The van der Waals surface area contributed by atoms with Gasteiger partial charge in [-0.1, -0.05) is 60.7 Å². The van der Waals surface area contributed by atoms with E-state index in [0.717, 1.165) is 11.3 Å². The van der Waals surface area contributed by atoms with Crippen LogP contribution in [0, 0.1) is 6.92 Å². The van der Waals surface area contributed by atoms with E-state index in [1.54, 1.807) is 0 Å². The standard InChI is InChI=1S/C20H17N/c1-16-12-13-21-20(14-16)19(18-10-6-3-7-11-18)15-17-8-4-2-5-9-17/h2-15H,1H3/b19-15+. The first-order valence-electron chi connectivity index (χ1n) is 7.08. The van der Waals surface area contributed by atoms with Gasteiger partial charge in [-0.05, 0) is 41.8 Å². The molecule has 0 saturated carbocycles. The molecular weight excluding hydrogens is 254 g/mol. The van der Waals surface area contributed by atoms with Gasteiger partial charge in [-0.3, -0.25) is 4.98 Å². The molecule has 0 aliphatic rings. The second-order valence-corrected chi connectivity index (χ2v) is 5.05. The summed E-state index contributed by atoms with van der Waals surface area (Å²) in [6, 6.07) is 24.9. The van der Waals surface area contributed by atoms with E-state index in [-0.39, 0.29) is 0 Å². The highest BCUT2D eigenvalue weighted by Gasteiger charge is 2.06. The highest BCUT2D eigenvalue weighted by Crippen LogP contribution is 2.25. The first-order valence-corrected chi connectivity index (χ1v) is 7.08. The van der Waals surface area contributed by atoms with Crippen molar-refractivity contribution < 1.29 is 0 Å². The molecule has 0 aliphatic carbocycles. The number of hydrogen-bond acceptors (Lipinski definition) is 1. The summed E-state index contributed by atoms with van der Waals surface area (Å²) in [6.07, 6.45) is 4.06. The van der Waals surface area contributed by atoms with Gasteiger partial charge in [-0.15, -0.1) is 0 Å². The van der Waals surface area contributed by atoms with Gasteiger partial charge in [0.05, 0.1) is 5.69 Å². The Morgan fingerprint density at radius 3 is 2.19 bits per heavy atom. The van der Waals surface area contributed by atoms with Gasteiger partial charge < -0.3 is 0 Å². The molecule has 0 fully saturated rings. The maximum absolute atomic E-state index is 4.54. The van der Waals surface area contributed by atoms with Crippen molar-refractivity contribution in [3.05, 3.63) is 101 Å². The third-order valence-corrected chi connectivity index (χ3v) is 3.39. The summed E-state index contributed by atoms with van der Waals surface area (Å²) < 4.78 is 0. The fourth-order valence-electron chi connectivity index (χ4n) is 2.32. The average Bonchev–Trinajstić information content (AvgIpc) is 2.54. The van der Waals surface area contributed by atoms with Gasteiger partial charge in [0, 0.05) is 11.8 Å². The number of rotatable bonds is 3. The van der Waals surface area contributed by atoms with E-state index in [1.807, 2.05) is 24.4 Å². The summed E-state index contributed by atoms with van der Waals surface area (Å²) in [5.74, 6) is 0. The first kappa shape index (κ1) is 13.3. The molecule has 1 nitrogen and oxygen atoms in total. The van der Waals surface area contributed by atoms with Crippen LogP contribution in [0.3, 0.4) is 0 Å². The molecule has 0 aliphatic heterocycles. The van der Waals surface area contributed by atoms with Crippen LogP contribution in [-0.4, -0.2) is 4.98 Å². The molecule has 0 bridgehead atoms. The molecule has 21 heavy (non-hydrogen) atoms. The van der Waals surface area contributed by atoms with E-state index in [0.29, 0.717) is 0 Å². The number of nitrogens with zero attached hydrogens (tertiary/aromatic N) is 1. The summed E-state index contributed by atoms with van der Waals surface area (Å²) in [5, 5.41) is 0. The Bertz CT molecular complexity index is 743. The van der Waals surface area contributed by atoms with Gasteiger partial charge in [0.2, 0.25) is 0 Å². The van der Waals surface area contributed by atoms with Gasteiger partial charge in [0.1, 0.15) is 0 Å². The predicted octanol–water partition coefficient (Wildman–Crippen LogP) is 4.98. The number of pyridine rings is 1. The Labute approximate surface area is 125 Å². The van der Waals surface area contributed by atoms with Crippen LogP contribution in [0.1, 0.15) is 22.4 Å². The molecule has 0 spiro atoms. The van der Waals surface area contributed by atoms with Gasteiger partial charge in [-0.2, -0.15) is 0 Å². The minimum absolute atomic E-state index is 1.00. The van der Waals surface area contributed by atoms with Crippen LogP contribution in [0.25, 0.3) is 11.6 Å². The molecule has 3 rings (SSSR count). The minimum atomic E-state index is 1.00. The normalized spacial score (nSPS) is 11.4. The molecule has 1 heterocycles. The first-order chi connectivity index (χ1) is 10.3. The second-order valence-electron chi connectivity index (χ2n) is 5.05. The summed E-state index contributed by atoms with van der Waals surface area (Å²) in [5.41, 5.74) is 5.73. The van der Waals surface area contributed by atoms with Crippen LogP contribution < -0.4 is 0 Å². The van der Waals surface area contributed by atoms with Crippen molar-refractivity contribution in [2.24, 2.45) is 0 Å². The van der Waals surface area contributed by atoms with Crippen LogP contribution >= 0.6 is 0 Å². The Morgan fingerprint density at radius 2 is 1.52 bits per heavy atom. The van der Waals surface area contributed by atoms with Crippen LogP contribution in [0.15, 0.2) is 79.0 Å². The minimum Gasteiger partial charge on any atom is -0.256 e. The van der Waals surface area contributed by atoms with Gasteiger partial charge in [0.25, 0.3) is 0 Å². The number of aryl methyl sites for hydroxylation is 1. The van der Waals surface area contributed by atoms with Crippen molar-refractivity contribution >= 4 is 11.6 Å². The zero-order chi connectivity index (χ0) is 14.5. The third-order valence-electron chi connectivity index (χ3n) is 3.39. The molecule has 0 saturated heterocycles.